The zero-order chi connectivity index (χ0) is 16.0. The Kier molecular flexibility index (Phi) is 5.83. The lowest BCUT2D eigenvalue weighted by atomic mass is 9.80. The zero-order valence-corrected chi connectivity index (χ0v) is 14.0. The van der Waals surface area contributed by atoms with E-state index in [2.05, 4.69) is 24.3 Å². The molecule has 1 N–H and O–H groups in total. The highest BCUT2D eigenvalue weighted by atomic mass is 16.5. The first-order valence-electron chi connectivity index (χ1n) is 8.13. The summed E-state index contributed by atoms with van der Waals surface area (Å²) in [6, 6.07) is 7.68. The lowest BCUT2D eigenvalue weighted by molar-refractivity contribution is -0.121. The third-order valence-electron chi connectivity index (χ3n) is 4.87. The lowest BCUT2D eigenvalue weighted by Gasteiger charge is -2.43. The number of nitrogens with zero attached hydrogens (tertiary/aromatic N) is 1. The first-order chi connectivity index (χ1) is 10.6. The largest absolute Gasteiger partial charge is 0.497 e. The number of rotatable bonds is 6. The summed E-state index contributed by atoms with van der Waals surface area (Å²) < 4.78 is 5.13. The van der Waals surface area contributed by atoms with Gasteiger partial charge in [-0.25, -0.2) is 0 Å². The van der Waals surface area contributed by atoms with Crippen LogP contribution in [0.15, 0.2) is 24.3 Å². The quantitative estimate of drug-likeness (QED) is 0.878. The van der Waals surface area contributed by atoms with Crippen LogP contribution in [-0.2, 0) is 11.2 Å². The fraction of sp³-hybridized carbons (Fsp3) is 0.611. The molecule has 0 atom stereocenters. The Hall–Kier alpha value is -1.55. The predicted molar refractivity (Wildman–Crippen MR) is 89.2 cm³/mol. The Morgan fingerprint density at radius 3 is 2.36 bits per heavy atom. The number of likely N-dealkylation sites (N-methyl/N-ethyl adjacent to an activating group) is 1. The van der Waals surface area contributed by atoms with E-state index in [1.807, 2.05) is 24.3 Å². The van der Waals surface area contributed by atoms with E-state index in [9.17, 15) is 4.79 Å². The van der Waals surface area contributed by atoms with Crippen molar-refractivity contribution in [2.45, 2.75) is 44.1 Å². The fourth-order valence-electron chi connectivity index (χ4n) is 3.25. The number of ether oxygens (including phenoxy) is 1. The van der Waals surface area contributed by atoms with E-state index in [0.29, 0.717) is 6.42 Å². The van der Waals surface area contributed by atoms with Crippen molar-refractivity contribution in [2.75, 3.05) is 27.7 Å². The van der Waals surface area contributed by atoms with E-state index in [4.69, 9.17) is 4.74 Å². The highest BCUT2D eigenvalue weighted by Crippen LogP contribution is 2.31. The van der Waals surface area contributed by atoms with Gasteiger partial charge in [-0.05, 0) is 44.6 Å². The molecule has 0 radical (unpaired) electrons. The van der Waals surface area contributed by atoms with Gasteiger partial charge < -0.3 is 15.0 Å². The van der Waals surface area contributed by atoms with E-state index in [0.717, 1.165) is 17.9 Å². The molecule has 4 nitrogen and oxygen atoms in total. The van der Waals surface area contributed by atoms with E-state index in [1.165, 1.54) is 32.1 Å². The van der Waals surface area contributed by atoms with Gasteiger partial charge in [0.1, 0.15) is 5.75 Å². The topological polar surface area (TPSA) is 41.6 Å². The summed E-state index contributed by atoms with van der Waals surface area (Å²) in [7, 11) is 5.90. The molecule has 1 saturated carbocycles. The number of hydrogen-bond donors (Lipinski definition) is 1. The molecular weight excluding hydrogens is 276 g/mol. The average Bonchev–Trinajstić information content (AvgIpc) is 2.54. The van der Waals surface area contributed by atoms with Crippen molar-refractivity contribution in [3.63, 3.8) is 0 Å². The molecule has 22 heavy (non-hydrogen) atoms. The second-order valence-electron chi connectivity index (χ2n) is 6.48. The summed E-state index contributed by atoms with van der Waals surface area (Å²) in [5.41, 5.74) is 1.15. The number of benzene rings is 1. The van der Waals surface area contributed by atoms with Crippen molar-refractivity contribution in [3.8, 4) is 5.75 Å². The van der Waals surface area contributed by atoms with Crippen molar-refractivity contribution < 1.29 is 9.53 Å². The smallest absolute Gasteiger partial charge is 0.224 e. The SMILES string of the molecule is COc1ccc(CC(=O)NCC2(N(C)C)CCCCC2)cc1. The van der Waals surface area contributed by atoms with Gasteiger partial charge in [-0.2, -0.15) is 0 Å². The van der Waals surface area contributed by atoms with Gasteiger partial charge in [0.2, 0.25) is 5.91 Å². The van der Waals surface area contributed by atoms with Crippen LogP contribution < -0.4 is 10.1 Å². The second-order valence-corrected chi connectivity index (χ2v) is 6.48. The van der Waals surface area contributed by atoms with Crippen LogP contribution in [0.25, 0.3) is 0 Å². The molecule has 1 fully saturated rings. The van der Waals surface area contributed by atoms with E-state index in [-0.39, 0.29) is 11.4 Å². The normalized spacial score (nSPS) is 17.3. The number of carbonyl (C=O) groups is 1. The van der Waals surface area contributed by atoms with Crippen LogP contribution in [-0.4, -0.2) is 44.1 Å². The predicted octanol–water partition coefficient (Wildman–Crippen LogP) is 2.62. The molecule has 1 aromatic rings. The van der Waals surface area contributed by atoms with Crippen molar-refractivity contribution in [3.05, 3.63) is 29.8 Å². The molecule has 1 aromatic carbocycles. The van der Waals surface area contributed by atoms with Crippen molar-refractivity contribution in [1.29, 1.82) is 0 Å². The summed E-state index contributed by atoms with van der Waals surface area (Å²) in [6.07, 6.45) is 6.59. The maximum Gasteiger partial charge on any atom is 0.224 e. The van der Waals surface area contributed by atoms with Gasteiger partial charge in [0.05, 0.1) is 13.5 Å². The number of carbonyl (C=O) groups excluding carboxylic acids is 1. The number of hydrogen-bond acceptors (Lipinski definition) is 3. The van der Waals surface area contributed by atoms with Crippen LogP contribution in [0.4, 0.5) is 0 Å². The van der Waals surface area contributed by atoms with Gasteiger partial charge in [0.25, 0.3) is 0 Å². The highest BCUT2D eigenvalue weighted by molar-refractivity contribution is 5.78. The van der Waals surface area contributed by atoms with E-state index >= 15 is 0 Å². The molecule has 0 saturated heterocycles. The Morgan fingerprint density at radius 1 is 1.18 bits per heavy atom. The molecule has 0 heterocycles. The molecule has 0 spiro atoms. The van der Waals surface area contributed by atoms with Crippen LogP contribution >= 0.6 is 0 Å². The van der Waals surface area contributed by atoms with Crippen molar-refractivity contribution in [2.24, 2.45) is 0 Å². The monoisotopic (exact) mass is 304 g/mol. The Balaban J connectivity index is 1.87. The maximum atomic E-state index is 12.2. The Morgan fingerprint density at radius 2 is 1.82 bits per heavy atom. The molecule has 0 bridgehead atoms. The molecule has 2 rings (SSSR count). The van der Waals surface area contributed by atoms with Gasteiger partial charge in [-0.15, -0.1) is 0 Å². The first kappa shape index (κ1) is 16.8. The summed E-state index contributed by atoms with van der Waals surface area (Å²) >= 11 is 0. The number of nitrogens with one attached hydrogen (secondary N) is 1. The number of methoxy groups -OCH3 is 1. The first-order valence-corrected chi connectivity index (χ1v) is 8.13. The maximum absolute atomic E-state index is 12.2. The van der Waals surface area contributed by atoms with Crippen LogP contribution in [0, 0.1) is 0 Å². The molecule has 1 aliphatic carbocycles. The fourth-order valence-corrected chi connectivity index (χ4v) is 3.25. The third-order valence-corrected chi connectivity index (χ3v) is 4.87. The van der Waals surface area contributed by atoms with Crippen molar-refractivity contribution >= 4 is 5.91 Å². The van der Waals surface area contributed by atoms with Crippen LogP contribution in [0.3, 0.4) is 0 Å². The summed E-state index contributed by atoms with van der Waals surface area (Å²) in [6.45, 7) is 0.745. The van der Waals surface area contributed by atoms with Gasteiger partial charge >= 0.3 is 0 Å². The molecular formula is C18H28N2O2. The van der Waals surface area contributed by atoms with Gasteiger partial charge in [0.15, 0.2) is 0 Å². The van der Waals surface area contributed by atoms with Crippen LogP contribution in [0.5, 0.6) is 5.75 Å². The van der Waals surface area contributed by atoms with E-state index < -0.39 is 0 Å². The third kappa shape index (κ3) is 4.23. The molecule has 0 unspecified atom stereocenters. The van der Waals surface area contributed by atoms with E-state index in [1.54, 1.807) is 7.11 Å². The summed E-state index contributed by atoms with van der Waals surface area (Å²) in [5, 5.41) is 3.14. The van der Waals surface area contributed by atoms with Crippen LogP contribution in [0.2, 0.25) is 0 Å². The van der Waals surface area contributed by atoms with Crippen molar-refractivity contribution in [1.82, 2.24) is 10.2 Å². The average molecular weight is 304 g/mol. The highest BCUT2D eigenvalue weighted by Gasteiger charge is 2.34. The molecule has 1 aliphatic rings. The minimum atomic E-state index is 0.0944. The number of amides is 1. The summed E-state index contributed by atoms with van der Waals surface area (Å²) in [5.74, 6) is 0.912. The minimum Gasteiger partial charge on any atom is -0.497 e. The van der Waals surface area contributed by atoms with Gasteiger partial charge in [-0.3, -0.25) is 4.79 Å². The molecule has 122 valence electrons. The minimum absolute atomic E-state index is 0.0944. The summed E-state index contributed by atoms with van der Waals surface area (Å²) in [4.78, 5) is 14.5. The Bertz CT molecular complexity index is 476. The standard InChI is InChI=1S/C18H28N2O2/c1-20(2)18(11-5-4-6-12-18)14-19-17(21)13-15-7-9-16(22-3)10-8-15/h7-10H,4-6,11-14H2,1-3H3,(H,19,21). The second kappa shape index (κ2) is 7.63. The van der Waals surface area contributed by atoms with Gasteiger partial charge in [0, 0.05) is 12.1 Å². The molecule has 4 heteroatoms. The van der Waals surface area contributed by atoms with Crippen LogP contribution in [0.1, 0.15) is 37.7 Å². The lowest BCUT2D eigenvalue weighted by Crippen LogP contribution is -2.54. The molecule has 1 amide bonds. The Labute approximate surface area is 133 Å². The zero-order valence-electron chi connectivity index (χ0n) is 14.0. The molecule has 0 aliphatic heterocycles. The molecule has 0 aromatic heterocycles. The van der Waals surface area contributed by atoms with Gasteiger partial charge in [-0.1, -0.05) is 31.4 Å².